The molecule has 1 saturated carbocycles. The first kappa shape index (κ1) is 10.5. The highest BCUT2D eigenvalue weighted by molar-refractivity contribution is 5.44. The van der Waals surface area contributed by atoms with Crippen molar-refractivity contribution in [1.29, 1.82) is 0 Å². The minimum Gasteiger partial charge on any atom is -0.494 e. The molecule has 0 radical (unpaired) electrons. The van der Waals surface area contributed by atoms with E-state index in [1.165, 1.54) is 5.56 Å². The molecule has 2 atom stereocenters. The first-order valence-corrected chi connectivity index (χ1v) is 5.56. The van der Waals surface area contributed by atoms with Crippen LogP contribution in [0.25, 0.3) is 0 Å². The highest BCUT2D eigenvalue weighted by Gasteiger charge is 2.56. The Bertz CT molecular complexity index is 359. The van der Waals surface area contributed by atoms with Gasteiger partial charge in [-0.3, -0.25) is 0 Å². The molecule has 1 aliphatic rings. The molecule has 2 N–H and O–H groups in total. The lowest BCUT2D eigenvalue weighted by Gasteiger charge is -2.10. The SMILES string of the molecule is CCOc1ccccc1C1C(N)C1(C)C. The van der Waals surface area contributed by atoms with E-state index in [9.17, 15) is 0 Å². The van der Waals surface area contributed by atoms with Crippen molar-refractivity contribution in [3.05, 3.63) is 29.8 Å². The van der Waals surface area contributed by atoms with Crippen molar-refractivity contribution in [3.8, 4) is 5.75 Å². The monoisotopic (exact) mass is 205 g/mol. The van der Waals surface area contributed by atoms with E-state index in [1.54, 1.807) is 0 Å². The van der Waals surface area contributed by atoms with Gasteiger partial charge in [0.2, 0.25) is 0 Å². The maximum absolute atomic E-state index is 6.09. The molecule has 0 bridgehead atoms. The molecule has 82 valence electrons. The molecular weight excluding hydrogens is 186 g/mol. The molecule has 0 aromatic heterocycles. The Labute approximate surface area is 91.4 Å². The molecule has 1 aromatic carbocycles. The van der Waals surface area contributed by atoms with Gasteiger partial charge in [-0.1, -0.05) is 32.0 Å². The summed E-state index contributed by atoms with van der Waals surface area (Å²) in [7, 11) is 0. The van der Waals surface area contributed by atoms with Crippen molar-refractivity contribution in [2.24, 2.45) is 11.1 Å². The van der Waals surface area contributed by atoms with Crippen molar-refractivity contribution in [3.63, 3.8) is 0 Å². The molecule has 0 saturated heterocycles. The summed E-state index contributed by atoms with van der Waals surface area (Å²) in [6.45, 7) is 7.14. The van der Waals surface area contributed by atoms with Crippen LogP contribution in [0.3, 0.4) is 0 Å². The van der Waals surface area contributed by atoms with E-state index in [-0.39, 0.29) is 11.5 Å². The van der Waals surface area contributed by atoms with Crippen LogP contribution in [0, 0.1) is 5.41 Å². The average Bonchev–Trinajstić information content (AvgIpc) is 2.68. The van der Waals surface area contributed by atoms with Crippen LogP contribution in [0.1, 0.15) is 32.3 Å². The second-order valence-electron chi connectivity index (χ2n) is 4.80. The summed E-state index contributed by atoms with van der Waals surface area (Å²) in [5.41, 5.74) is 7.56. The smallest absolute Gasteiger partial charge is 0.122 e. The Morgan fingerprint density at radius 2 is 1.93 bits per heavy atom. The van der Waals surface area contributed by atoms with Crippen molar-refractivity contribution in [1.82, 2.24) is 0 Å². The fourth-order valence-corrected chi connectivity index (χ4v) is 2.30. The van der Waals surface area contributed by atoms with Gasteiger partial charge in [0.15, 0.2) is 0 Å². The molecule has 2 heteroatoms. The fourth-order valence-electron chi connectivity index (χ4n) is 2.30. The lowest BCUT2D eigenvalue weighted by atomic mass is 10.0. The molecule has 2 nitrogen and oxygen atoms in total. The van der Waals surface area contributed by atoms with Crippen LogP contribution in [0.15, 0.2) is 24.3 Å². The molecule has 0 heterocycles. The lowest BCUT2D eigenvalue weighted by Crippen LogP contribution is -2.06. The largest absolute Gasteiger partial charge is 0.494 e. The van der Waals surface area contributed by atoms with Crippen LogP contribution in [-0.4, -0.2) is 12.6 Å². The van der Waals surface area contributed by atoms with Crippen molar-refractivity contribution >= 4 is 0 Å². The zero-order valence-corrected chi connectivity index (χ0v) is 9.66. The third kappa shape index (κ3) is 1.63. The zero-order valence-electron chi connectivity index (χ0n) is 9.66. The maximum atomic E-state index is 6.09. The highest BCUT2D eigenvalue weighted by Crippen LogP contribution is 2.58. The first-order valence-electron chi connectivity index (χ1n) is 5.56. The van der Waals surface area contributed by atoms with E-state index in [4.69, 9.17) is 10.5 Å². The van der Waals surface area contributed by atoms with Crippen LogP contribution in [0.2, 0.25) is 0 Å². The van der Waals surface area contributed by atoms with Crippen LogP contribution in [-0.2, 0) is 0 Å². The maximum Gasteiger partial charge on any atom is 0.122 e. The van der Waals surface area contributed by atoms with Crippen LogP contribution < -0.4 is 10.5 Å². The van der Waals surface area contributed by atoms with Gasteiger partial charge in [0.1, 0.15) is 5.75 Å². The first-order chi connectivity index (χ1) is 7.09. The Balaban J connectivity index is 2.29. The van der Waals surface area contributed by atoms with Gasteiger partial charge in [-0.05, 0) is 24.0 Å². The topological polar surface area (TPSA) is 35.2 Å². The van der Waals surface area contributed by atoms with Gasteiger partial charge >= 0.3 is 0 Å². The van der Waals surface area contributed by atoms with E-state index >= 15 is 0 Å². The Morgan fingerprint density at radius 1 is 1.33 bits per heavy atom. The van der Waals surface area contributed by atoms with Gasteiger partial charge in [0.05, 0.1) is 6.61 Å². The Hall–Kier alpha value is -1.02. The summed E-state index contributed by atoms with van der Waals surface area (Å²) in [6.07, 6.45) is 0. The van der Waals surface area contributed by atoms with Gasteiger partial charge < -0.3 is 10.5 Å². The number of ether oxygens (including phenoxy) is 1. The molecule has 15 heavy (non-hydrogen) atoms. The van der Waals surface area contributed by atoms with Crippen molar-refractivity contribution in [2.75, 3.05) is 6.61 Å². The molecule has 1 fully saturated rings. The molecule has 0 aliphatic heterocycles. The molecule has 1 aliphatic carbocycles. The van der Waals surface area contributed by atoms with E-state index in [0.29, 0.717) is 12.5 Å². The van der Waals surface area contributed by atoms with Gasteiger partial charge in [-0.2, -0.15) is 0 Å². The van der Waals surface area contributed by atoms with E-state index < -0.39 is 0 Å². The van der Waals surface area contributed by atoms with Gasteiger partial charge in [-0.15, -0.1) is 0 Å². The summed E-state index contributed by atoms with van der Waals surface area (Å²) in [5.74, 6) is 1.44. The quantitative estimate of drug-likeness (QED) is 0.823. The van der Waals surface area contributed by atoms with Crippen LogP contribution in [0.5, 0.6) is 5.75 Å². The fraction of sp³-hybridized carbons (Fsp3) is 0.538. The van der Waals surface area contributed by atoms with Crippen molar-refractivity contribution in [2.45, 2.75) is 32.7 Å². The predicted molar refractivity (Wildman–Crippen MR) is 62.1 cm³/mol. The van der Waals surface area contributed by atoms with Crippen LogP contribution in [0.4, 0.5) is 0 Å². The van der Waals surface area contributed by atoms with Crippen LogP contribution >= 0.6 is 0 Å². The van der Waals surface area contributed by atoms with Crippen molar-refractivity contribution < 1.29 is 4.74 Å². The molecule has 1 aromatic rings. The Kier molecular flexibility index (Phi) is 2.47. The standard InChI is InChI=1S/C13H19NO/c1-4-15-10-8-6-5-7-9(10)11-12(14)13(11,2)3/h5-8,11-12H,4,14H2,1-3H3. The van der Waals surface area contributed by atoms with Gasteiger partial charge in [0.25, 0.3) is 0 Å². The number of para-hydroxylation sites is 1. The minimum absolute atomic E-state index is 0.215. The molecule has 2 rings (SSSR count). The second kappa shape index (κ2) is 3.53. The highest BCUT2D eigenvalue weighted by atomic mass is 16.5. The number of hydrogen-bond donors (Lipinski definition) is 1. The molecule has 0 amide bonds. The van der Waals surface area contributed by atoms with Gasteiger partial charge in [-0.25, -0.2) is 0 Å². The summed E-state index contributed by atoms with van der Waals surface area (Å²) in [6, 6.07) is 8.48. The summed E-state index contributed by atoms with van der Waals surface area (Å²) >= 11 is 0. The summed E-state index contributed by atoms with van der Waals surface area (Å²) in [5, 5.41) is 0. The minimum atomic E-state index is 0.215. The third-order valence-corrected chi connectivity index (χ3v) is 3.46. The Morgan fingerprint density at radius 3 is 2.47 bits per heavy atom. The summed E-state index contributed by atoms with van der Waals surface area (Å²) < 4.78 is 5.62. The van der Waals surface area contributed by atoms with E-state index in [1.807, 2.05) is 19.1 Å². The molecule has 2 unspecified atom stereocenters. The lowest BCUT2D eigenvalue weighted by molar-refractivity contribution is 0.335. The third-order valence-electron chi connectivity index (χ3n) is 3.46. The second-order valence-corrected chi connectivity index (χ2v) is 4.80. The zero-order chi connectivity index (χ0) is 11.1. The summed E-state index contributed by atoms with van der Waals surface area (Å²) in [4.78, 5) is 0. The average molecular weight is 205 g/mol. The van der Waals surface area contributed by atoms with Gasteiger partial charge in [0, 0.05) is 12.0 Å². The predicted octanol–water partition coefficient (Wildman–Crippen LogP) is 2.54. The van der Waals surface area contributed by atoms with E-state index in [0.717, 1.165) is 5.75 Å². The molecule has 0 spiro atoms. The van der Waals surface area contributed by atoms with E-state index in [2.05, 4.69) is 26.0 Å². The molecular formula is C13H19NO. The number of hydrogen-bond acceptors (Lipinski definition) is 2. The number of rotatable bonds is 3. The normalized spacial score (nSPS) is 27.5. The number of nitrogens with two attached hydrogens (primary N) is 1. The number of benzene rings is 1.